The molecule has 4 rings (SSSR count). The van der Waals surface area contributed by atoms with Gasteiger partial charge in [-0.05, 0) is 37.8 Å². The minimum absolute atomic E-state index is 0.0588. The van der Waals surface area contributed by atoms with E-state index >= 15 is 0 Å². The number of nitrogens with zero attached hydrogens (tertiary/aromatic N) is 5. The van der Waals surface area contributed by atoms with Gasteiger partial charge in [0.15, 0.2) is 0 Å². The van der Waals surface area contributed by atoms with E-state index in [1.807, 2.05) is 0 Å². The van der Waals surface area contributed by atoms with E-state index in [1.165, 1.54) is 41.3 Å². The summed E-state index contributed by atoms with van der Waals surface area (Å²) in [5.41, 5.74) is 0.148. The molecule has 7 nitrogen and oxygen atoms in total. The molecule has 0 spiro atoms. The summed E-state index contributed by atoms with van der Waals surface area (Å²) in [6.07, 6.45) is -0.257. The van der Waals surface area contributed by atoms with E-state index in [0.717, 1.165) is 18.9 Å². The molecule has 0 aliphatic carbocycles. The first kappa shape index (κ1) is 21.9. The van der Waals surface area contributed by atoms with E-state index in [0.29, 0.717) is 24.3 Å². The Morgan fingerprint density at radius 3 is 2.59 bits per heavy atom. The highest BCUT2D eigenvalue weighted by Gasteiger charge is 2.34. The number of benzene rings is 1. The monoisotopic (exact) mass is 445 g/mol. The van der Waals surface area contributed by atoms with Gasteiger partial charge in [-0.15, -0.1) is 0 Å². The Morgan fingerprint density at radius 1 is 1.19 bits per heavy atom. The number of aliphatic hydroxyl groups is 1. The van der Waals surface area contributed by atoms with E-state index in [-0.39, 0.29) is 35.6 Å². The van der Waals surface area contributed by atoms with Crippen molar-refractivity contribution >= 4 is 5.91 Å². The zero-order valence-electron chi connectivity index (χ0n) is 17.4. The first-order valence-corrected chi connectivity index (χ1v) is 10.2. The lowest BCUT2D eigenvalue weighted by Crippen LogP contribution is -2.39. The largest absolute Gasteiger partial charge is 0.417 e. The molecule has 32 heavy (non-hydrogen) atoms. The maximum absolute atomic E-state index is 13.4. The fourth-order valence-electron chi connectivity index (χ4n) is 3.86. The molecule has 2 aromatic heterocycles. The maximum atomic E-state index is 13.4. The average Bonchev–Trinajstić information content (AvgIpc) is 3.19. The van der Waals surface area contributed by atoms with Crippen molar-refractivity contribution in [3.8, 4) is 17.2 Å². The summed E-state index contributed by atoms with van der Waals surface area (Å²) in [6, 6.07) is 6.61. The van der Waals surface area contributed by atoms with Crippen molar-refractivity contribution in [1.29, 1.82) is 0 Å². The van der Waals surface area contributed by atoms with E-state index in [9.17, 15) is 23.1 Å². The maximum Gasteiger partial charge on any atom is 0.417 e. The van der Waals surface area contributed by atoms with Crippen molar-refractivity contribution in [2.45, 2.75) is 25.9 Å². The van der Waals surface area contributed by atoms with Gasteiger partial charge in [-0.2, -0.15) is 18.3 Å². The topological polar surface area (TPSA) is 84.1 Å². The van der Waals surface area contributed by atoms with Crippen molar-refractivity contribution in [1.82, 2.24) is 24.6 Å². The number of amides is 1. The lowest BCUT2D eigenvalue weighted by atomic mass is 9.97. The van der Waals surface area contributed by atoms with E-state index in [4.69, 9.17) is 0 Å². The van der Waals surface area contributed by atoms with Crippen LogP contribution >= 0.6 is 0 Å². The summed E-state index contributed by atoms with van der Waals surface area (Å²) < 4.78 is 41.6. The molecule has 3 aromatic rings. The Labute approximate surface area is 182 Å². The molecule has 1 aliphatic rings. The van der Waals surface area contributed by atoms with Crippen LogP contribution in [0.3, 0.4) is 0 Å². The Kier molecular flexibility index (Phi) is 5.96. The summed E-state index contributed by atoms with van der Waals surface area (Å²) in [4.78, 5) is 23.1. The highest BCUT2D eigenvalue weighted by atomic mass is 19.4. The second-order valence-corrected chi connectivity index (χ2v) is 7.76. The summed E-state index contributed by atoms with van der Waals surface area (Å²) in [7, 11) is 0. The fourth-order valence-corrected chi connectivity index (χ4v) is 3.86. The SMILES string of the molecule is Cc1c(C(=O)N2CCC(CO)CC2)cnn1-c1nccc(-c2ccccc2C(F)(F)F)n1. The molecule has 1 N–H and O–H groups in total. The predicted molar refractivity (Wildman–Crippen MR) is 110 cm³/mol. The lowest BCUT2D eigenvalue weighted by molar-refractivity contribution is -0.137. The van der Waals surface area contributed by atoms with Gasteiger partial charge in [0.1, 0.15) is 0 Å². The van der Waals surface area contributed by atoms with Crippen LogP contribution in [0, 0.1) is 12.8 Å². The zero-order valence-corrected chi connectivity index (χ0v) is 17.4. The summed E-state index contributed by atoms with van der Waals surface area (Å²) in [5.74, 6) is 0.109. The predicted octanol–water partition coefficient (Wildman–Crippen LogP) is 3.50. The number of likely N-dealkylation sites (tertiary alicyclic amines) is 1. The number of halogens is 3. The zero-order chi connectivity index (χ0) is 22.9. The molecule has 1 aromatic carbocycles. The third kappa shape index (κ3) is 4.22. The van der Waals surface area contributed by atoms with Crippen LogP contribution in [0.1, 0.15) is 34.5 Å². The Hall–Kier alpha value is -3.27. The molecule has 168 valence electrons. The molecular weight excluding hydrogens is 423 g/mol. The Balaban J connectivity index is 1.63. The highest BCUT2D eigenvalue weighted by Crippen LogP contribution is 2.36. The fraction of sp³-hybridized carbons (Fsp3) is 0.364. The van der Waals surface area contributed by atoms with Gasteiger partial charge in [-0.1, -0.05) is 18.2 Å². The Bertz CT molecular complexity index is 1120. The molecule has 10 heteroatoms. The third-order valence-corrected chi connectivity index (χ3v) is 5.74. The molecule has 1 fully saturated rings. The lowest BCUT2D eigenvalue weighted by Gasteiger charge is -2.31. The molecule has 0 bridgehead atoms. The molecule has 0 unspecified atom stereocenters. The summed E-state index contributed by atoms with van der Waals surface area (Å²) in [5, 5.41) is 13.5. The summed E-state index contributed by atoms with van der Waals surface area (Å²) >= 11 is 0. The number of hydrogen-bond acceptors (Lipinski definition) is 5. The third-order valence-electron chi connectivity index (χ3n) is 5.74. The van der Waals surface area contributed by atoms with Crippen LogP contribution in [0.5, 0.6) is 0 Å². The van der Waals surface area contributed by atoms with Gasteiger partial charge in [0.05, 0.1) is 28.7 Å². The van der Waals surface area contributed by atoms with Crippen molar-refractivity contribution in [3.05, 3.63) is 59.5 Å². The van der Waals surface area contributed by atoms with Crippen molar-refractivity contribution < 1.29 is 23.1 Å². The number of aliphatic hydroxyl groups excluding tert-OH is 1. The van der Waals surface area contributed by atoms with Crippen molar-refractivity contribution in [2.75, 3.05) is 19.7 Å². The van der Waals surface area contributed by atoms with Gasteiger partial charge >= 0.3 is 6.18 Å². The second-order valence-electron chi connectivity index (χ2n) is 7.76. The van der Waals surface area contributed by atoms with Gasteiger partial charge in [-0.25, -0.2) is 14.6 Å². The number of aromatic nitrogens is 4. The van der Waals surface area contributed by atoms with Crippen LogP contribution in [0.25, 0.3) is 17.2 Å². The quantitative estimate of drug-likeness (QED) is 0.665. The molecule has 1 amide bonds. The normalized spacial score (nSPS) is 15.2. The number of hydrogen-bond donors (Lipinski definition) is 1. The minimum Gasteiger partial charge on any atom is -0.396 e. The average molecular weight is 445 g/mol. The van der Waals surface area contributed by atoms with E-state index in [1.54, 1.807) is 11.8 Å². The molecule has 3 heterocycles. The van der Waals surface area contributed by atoms with Crippen LogP contribution in [0.2, 0.25) is 0 Å². The van der Waals surface area contributed by atoms with Crippen LogP contribution in [-0.4, -0.2) is 55.4 Å². The van der Waals surface area contributed by atoms with Crippen LogP contribution in [0.4, 0.5) is 13.2 Å². The number of carbonyl (C=O) groups is 1. The molecule has 0 atom stereocenters. The van der Waals surface area contributed by atoms with Crippen LogP contribution in [0.15, 0.2) is 42.7 Å². The standard InChI is InChI=1S/C22H22F3N5O2/c1-14-17(20(32)29-10-7-15(13-31)8-11-29)12-27-30(14)21-26-9-6-19(28-21)16-4-2-3-5-18(16)22(23,24)25/h2-6,9,12,15,31H,7-8,10-11,13H2,1H3. The van der Waals surface area contributed by atoms with Gasteiger partial charge in [0.25, 0.3) is 11.9 Å². The number of carbonyl (C=O) groups excluding carboxylic acids is 1. The first-order valence-electron chi connectivity index (χ1n) is 10.2. The van der Waals surface area contributed by atoms with Crippen molar-refractivity contribution in [2.24, 2.45) is 5.92 Å². The van der Waals surface area contributed by atoms with Gasteiger partial charge < -0.3 is 10.0 Å². The molecular formula is C22H22F3N5O2. The number of piperidine rings is 1. The molecule has 1 aliphatic heterocycles. The molecule has 1 saturated heterocycles. The second kappa shape index (κ2) is 8.70. The molecule has 0 radical (unpaired) electrons. The van der Waals surface area contributed by atoms with Gasteiger partial charge in [0, 0.05) is 31.5 Å². The number of alkyl halides is 3. The Morgan fingerprint density at radius 2 is 1.91 bits per heavy atom. The highest BCUT2D eigenvalue weighted by molar-refractivity contribution is 5.95. The first-order chi connectivity index (χ1) is 15.3. The van der Waals surface area contributed by atoms with Crippen LogP contribution < -0.4 is 0 Å². The van der Waals surface area contributed by atoms with E-state index < -0.39 is 11.7 Å². The number of rotatable bonds is 4. The van der Waals surface area contributed by atoms with Gasteiger partial charge in [-0.3, -0.25) is 4.79 Å². The van der Waals surface area contributed by atoms with Gasteiger partial charge in [0.2, 0.25) is 0 Å². The molecule has 0 saturated carbocycles. The van der Waals surface area contributed by atoms with Crippen LogP contribution in [-0.2, 0) is 6.18 Å². The van der Waals surface area contributed by atoms with Crippen molar-refractivity contribution in [3.63, 3.8) is 0 Å². The summed E-state index contributed by atoms with van der Waals surface area (Å²) in [6.45, 7) is 2.91. The minimum atomic E-state index is -4.52. The van der Waals surface area contributed by atoms with E-state index in [2.05, 4.69) is 15.1 Å². The smallest absolute Gasteiger partial charge is 0.396 e.